The quantitative estimate of drug-likeness (QED) is 0.439. The average Bonchev–Trinajstić information content (AvgIpc) is 3.37. The molecule has 3 aromatic rings. The normalized spacial score (nSPS) is 14.9. The van der Waals surface area contributed by atoms with Crippen molar-refractivity contribution in [3.8, 4) is 0 Å². The van der Waals surface area contributed by atoms with Crippen LogP contribution < -0.4 is 0 Å². The van der Waals surface area contributed by atoms with Crippen molar-refractivity contribution in [1.29, 1.82) is 0 Å². The monoisotopic (exact) mass is 414 g/mol. The summed E-state index contributed by atoms with van der Waals surface area (Å²) >= 11 is 3.14. The molecular weight excluding hydrogens is 396 g/mol. The summed E-state index contributed by atoms with van der Waals surface area (Å²) in [5, 5.41) is 2.83. The van der Waals surface area contributed by atoms with Gasteiger partial charge in [0.25, 0.3) is 0 Å². The molecule has 1 saturated heterocycles. The predicted molar refractivity (Wildman–Crippen MR) is 108 cm³/mol. The van der Waals surface area contributed by atoms with Crippen LogP contribution in [-0.2, 0) is 22.6 Å². The summed E-state index contributed by atoms with van der Waals surface area (Å²) in [6.07, 6.45) is 0.553. The number of amides is 4. The molecule has 0 saturated carbocycles. The second kappa shape index (κ2) is 7.78. The molecule has 4 rings (SSSR count). The Labute approximate surface area is 169 Å². The van der Waals surface area contributed by atoms with Gasteiger partial charge in [-0.05, 0) is 30.6 Å². The molecule has 0 radical (unpaired) electrons. The van der Waals surface area contributed by atoms with Crippen molar-refractivity contribution >= 4 is 50.7 Å². The van der Waals surface area contributed by atoms with Gasteiger partial charge in [0, 0.05) is 17.8 Å². The molecule has 28 heavy (non-hydrogen) atoms. The number of para-hydroxylation sites is 1. The van der Waals surface area contributed by atoms with Gasteiger partial charge in [-0.3, -0.25) is 19.4 Å². The zero-order chi connectivity index (χ0) is 19.7. The highest BCUT2D eigenvalue weighted by Crippen LogP contribution is 2.23. The second-order valence-corrected chi connectivity index (χ2v) is 8.68. The van der Waals surface area contributed by atoms with Crippen LogP contribution in [0.25, 0.3) is 10.2 Å². The fourth-order valence-corrected chi connectivity index (χ4v) is 4.80. The SMILES string of the molecule is CN(Cc1nc2ccccc2s1)CN1C(=O)C(=O)N(CCc2cccs2)C1=O. The number of hydrogen-bond acceptors (Lipinski definition) is 7. The van der Waals surface area contributed by atoms with Gasteiger partial charge in [-0.15, -0.1) is 22.7 Å². The Bertz CT molecular complexity index is 998. The van der Waals surface area contributed by atoms with Crippen LogP contribution in [0.2, 0.25) is 0 Å². The number of fused-ring (bicyclic) bond motifs is 1. The van der Waals surface area contributed by atoms with E-state index in [1.807, 2.05) is 46.7 Å². The third-order valence-electron chi connectivity index (χ3n) is 4.42. The fraction of sp³-hybridized carbons (Fsp3) is 0.263. The third kappa shape index (κ3) is 3.68. The Morgan fingerprint density at radius 1 is 1.04 bits per heavy atom. The number of hydrogen-bond donors (Lipinski definition) is 0. The highest BCUT2D eigenvalue weighted by atomic mass is 32.1. The van der Waals surface area contributed by atoms with Gasteiger partial charge in [-0.2, -0.15) is 0 Å². The topological polar surface area (TPSA) is 73.8 Å². The number of aromatic nitrogens is 1. The molecule has 1 aliphatic heterocycles. The summed E-state index contributed by atoms with van der Waals surface area (Å²) in [5.74, 6) is -1.53. The number of rotatable bonds is 7. The largest absolute Gasteiger partial charge is 0.335 e. The number of nitrogens with zero attached hydrogens (tertiary/aromatic N) is 4. The number of benzene rings is 1. The van der Waals surface area contributed by atoms with Crippen molar-refractivity contribution < 1.29 is 14.4 Å². The lowest BCUT2D eigenvalue weighted by atomic mass is 10.3. The smallest absolute Gasteiger partial charge is 0.282 e. The first-order chi connectivity index (χ1) is 13.5. The molecule has 4 amide bonds. The van der Waals surface area contributed by atoms with E-state index in [-0.39, 0.29) is 13.2 Å². The van der Waals surface area contributed by atoms with Gasteiger partial charge in [-0.1, -0.05) is 18.2 Å². The lowest BCUT2D eigenvalue weighted by Gasteiger charge is -2.21. The first-order valence-corrected chi connectivity index (χ1v) is 10.5. The number of thiazole rings is 1. The maximum absolute atomic E-state index is 12.6. The first kappa shape index (κ1) is 18.7. The molecule has 0 bridgehead atoms. The van der Waals surface area contributed by atoms with Gasteiger partial charge < -0.3 is 0 Å². The summed E-state index contributed by atoms with van der Waals surface area (Å²) in [4.78, 5) is 46.6. The Morgan fingerprint density at radius 2 is 1.82 bits per heavy atom. The van der Waals surface area contributed by atoms with Crippen LogP contribution in [0.3, 0.4) is 0 Å². The molecule has 144 valence electrons. The van der Waals surface area contributed by atoms with Gasteiger partial charge in [0.1, 0.15) is 5.01 Å². The van der Waals surface area contributed by atoms with E-state index in [0.29, 0.717) is 13.0 Å². The van der Waals surface area contributed by atoms with Crippen molar-refractivity contribution in [3.05, 3.63) is 51.7 Å². The highest BCUT2D eigenvalue weighted by molar-refractivity contribution is 7.18. The molecule has 0 unspecified atom stereocenters. The van der Waals surface area contributed by atoms with Crippen molar-refractivity contribution in [3.63, 3.8) is 0 Å². The molecule has 9 heteroatoms. The van der Waals surface area contributed by atoms with Crippen LogP contribution in [-0.4, -0.2) is 57.8 Å². The first-order valence-electron chi connectivity index (χ1n) is 8.75. The van der Waals surface area contributed by atoms with Crippen LogP contribution in [0.15, 0.2) is 41.8 Å². The molecule has 1 aliphatic rings. The van der Waals surface area contributed by atoms with Crippen LogP contribution in [0.1, 0.15) is 9.88 Å². The summed E-state index contributed by atoms with van der Waals surface area (Å²) in [5.41, 5.74) is 0.930. The minimum absolute atomic E-state index is 0.0504. The molecule has 7 nitrogen and oxygen atoms in total. The van der Waals surface area contributed by atoms with Gasteiger partial charge in [-0.25, -0.2) is 14.7 Å². The second-order valence-electron chi connectivity index (χ2n) is 6.53. The Balaban J connectivity index is 1.39. The number of thiophene rings is 1. The predicted octanol–water partition coefficient (Wildman–Crippen LogP) is 2.78. The van der Waals surface area contributed by atoms with E-state index in [1.54, 1.807) is 29.7 Å². The number of carbonyl (C=O) groups excluding carboxylic acids is 3. The van der Waals surface area contributed by atoms with E-state index < -0.39 is 17.8 Å². The van der Waals surface area contributed by atoms with Crippen molar-refractivity contribution in [2.45, 2.75) is 13.0 Å². The van der Waals surface area contributed by atoms with Gasteiger partial charge in [0.2, 0.25) is 0 Å². The molecule has 1 aromatic carbocycles. The third-order valence-corrected chi connectivity index (χ3v) is 6.38. The summed E-state index contributed by atoms with van der Waals surface area (Å²) < 4.78 is 1.09. The van der Waals surface area contributed by atoms with Crippen molar-refractivity contribution in [1.82, 2.24) is 19.7 Å². The molecule has 0 atom stereocenters. The summed E-state index contributed by atoms with van der Waals surface area (Å²) in [6, 6.07) is 11.2. The van der Waals surface area contributed by atoms with E-state index >= 15 is 0 Å². The Hall–Kier alpha value is -2.62. The van der Waals surface area contributed by atoms with Crippen LogP contribution >= 0.6 is 22.7 Å². The maximum Gasteiger partial charge on any atom is 0.335 e. The summed E-state index contributed by atoms with van der Waals surface area (Å²) in [7, 11) is 1.80. The minimum Gasteiger partial charge on any atom is -0.282 e. The van der Waals surface area contributed by atoms with E-state index in [2.05, 4.69) is 4.98 Å². The lowest BCUT2D eigenvalue weighted by Crippen LogP contribution is -2.40. The van der Waals surface area contributed by atoms with Crippen LogP contribution in [0, 0.1) is 0 Å². The molecule has 0 spiro atoms. The van der Waals surface area contributed by atoms with Gasteiger partial charge in [0.05, 0.1) is 23.4 Å². The zero-order valence-corrected chi connectivity index (χ0v) is 16.8. The highest BCUT2D eigenvalue weighted by Gasteiger charge is 2.44. The lowest BCUT2D eigenvalue weighted by molar-refractivity contribution is -0.143. The molecule has 2 aromatic heterocycles. The number of urea groups is 1. The Kier molecular flexibility index (Phi) is 5.21. The van der Waals surface area contributed by atoms with Crippen LogP contribution in [0.4, 0.5) is 4.79 Å². The van der Waals surface area contributed by atoms with Crippen molar-refractivity contribution in [2.75, 3.05) is 20.3 Å². The van der Waals surface area contributed by atoms with E-state index in [4.69, 9.17) is 0 Å². The van der Waals surface area contributed by atoms with E-state index in [1.165, 1.54) is 0 Å². The number of carbonyl (C=O) groups is 3. The zero-order valence-electron chi connectivity index (χ0n) is 15.2. The number of imide groups is 2. The minimum atomic E-state index is -0.771. The van der Waals surface area contributed by atoms with E-state index in [0.717, 1.165) is 29.9 Å². The summed E-state index contributed by atoms with van der Waals surface area (Å²) in [6.45, 7) is 0.747. The average molecular weight is 415 g/mol. The molecular formula is C19H18N4O3S2. The molecule has 1 fully saturated rings. The molecule has 0 N–H and O–H groups in total. The Morgan fingerprint density at radius 3 is 2.57 bits per heavy atom. The van der Waals surface area contributed by atoms with Crippen molar-refractivity contribution in [2.24, 2.45) is 0 Å². The van der Waals surface area contributed by atoms with Crippen LogP contribution in [0.5, 0.6) is 0 Å². The van der Waals surface area contributed by atoms with E-state index in [9.17, 15) is 14.4 Å². The molecule has 0 aliphatic carbocycles. The van der Waals surface area contributed by atoms with Gasteiger partial charge >= 0.3 is 17.8 Å². The fourth-order valence-electron chi connectivity index (χ4n) is 3.06. The van der Waals surface area contributed by atoms with Gasteiger partial charge in [0.15, 0.2) is 0 Å². The maximum atomic E-state index is 12.6. The standard InChI is InChI=1S/C19H18N4O3S2/c1-21(11-16-20-14-6-2-3-7-15(14)28-16)12-23-18(25)17(24)22(19(23)26)9-8-13-5-4-10-27-13/h2-7,10H,8-9,11-12H2,1H3. The molecule has 3 heterocycles.